The summed E-state index contributed by atoms with van der Waals surface area (Å²) in [6, 6.07) is 5.88. The molecule has 2 aromatic rings. The van der Waals surface area contributed by atoms with E-state index < -0.39 is 5.41 Å². The van der Waals surface area contributed by atoms with Crippen LogP contribution in [0.3, 0.4) is 0 Å². The zero-order valence-corrected chi connectivity index (χ0v) is 24.3. The Balaban J connectivity index is 1.40. The lowest BCUT2D eigenvalue weighted by atomic mass is 9.88. The van der Waals surface area contributed by atoms with Crippen molar-refractivity contribution in [2.75, 3.05) is 48.9 Å². The van der Waals surface area contributed by atoms with Crippen molar-refractivity contribution in [3.05, 3.63) is 30.0 Å². The number of amides is 2. The number of carbonyl (C=O) groups is 2. The van der Waals surface area contributed by atoms with Crippen LogP contribution in [0.25, 0.3) is 0 Å². The monoisotopic (exact) mass is 549 g/mol. The van der Waals surface area contributed by atoms with E-state index in [9.17, 15) is 9.59 Å². The topological polar surface area (TPSA) is 112 Å². The largest absolute Gasteiger partial charge is 0.495 e. The molecule has 1 unspecified atom stereocenters. The molecule has 2 amide bonds. The zero-order valence-electron chi connectivity index (χ0n) is 24.3. The van der Waals surface area contributed by atoms with E-state index in [0.29, 0.717) is 35.5 Å². The summed E-state index contributed by atoms with van der Waals surface area (Å²) in [5.74, 6) is 1.69. The fourth-order valence-electron chi connectivity index (χ4n) is 6.19. The van der Waals surface area contributed by atoms with Crippen LogP contribution in [-0.2, 0) is 4.79 Å². The smallest absolute Gasteiger partial charge is 0.251 e. The predicted octanol–water partition coefficient (Wildman–Crippen LogP) is 4.24. The Bertz CT molecular complexity index is 1220. The third-order valence-corrected chi connectivity index (χ3v) is 8.47. The summed E-state index contributed by atoms with van der Waals surface area (Å²) in [7, 11) is 3.40. The van der Waals surface area contributed by atoms with Crippen LogP contribution >= 0.6 is 0 Å². The molecular weight excluding hydrogens is 506 g/mol. The molecule has 1 saturated carbocycles. The first kappa shape index (κ1) is 28.1. The second-order valence-corrected chi connectivity index (χ2v) is 12.0. The Morgan fingerprint density at radius 2 is 1.90 bits per heavy atom. The number of methoxy groups -OCH3 is 1. The van der Waals surface area contributed by atoms with Crippen molar-refractivity contribution >= 4 is 35.0 Å². The van der Waals surface area contributed by atoms with Gasteiger partial charge in [-0.05, 0) is 77.2 Å². The summed E-state index contributed by atoms with van der Waals surface area (Å²) in [5, 5.41) is 9.85. The minimum absolute atomic E-state index is 0.0621. The standard InChI is InChI=1S/C30H43N7O3/c1-30(2)19-37(22-10-6-5-7-11-22)26-24(36(3)28(30)39)18-32-29(35-26)34-23-13-12-20(17-25(23)40-4)27(38)33-21-9-8-15-31-16-14-21/h12-13,17-18,21-22,31H,5-11,14-16,19H2,1-4H3,(H,33,38)(H,32,34,35). The van der Waals surface area contributed by atoms with Gasteiger partial charge in [-0.25, -0.2) is 4.98 Å². The fourth-order valence-corrected chi connectivity index (χ4v) is 6.19. The van der Waals surface area contributed by atoms with Gasteiger partial charge in [-0.15, -0.1) is 0 Å². The molecule has 40 heavy (non-hydrogen) atoms. The SMILES string of the molecule is COc1cc(C(=O)NC2CCCNCC2)ccc1Nc1ncc2c(n1)N(C1CCCCC1)CC(C)(C)C(=O)N2C. The Hall–Kier alpha value is -3.40. The highest BCUT2D eigenvalue weighted by atomic mass is 16.5. The summed E-state index contributed by atoms with van der Waals surface area (Å²) in [6.45, 7) is 6.53. The summed E-state index contributed by atoms with van der Waals surface area (Å²) in [4.78, 5) is 39.9. The van der Waals surface area contributed by atoms with Crippen molar-refractivity contribution in [3.8, 4) is 5.75 Å². The minimum atomic E-state index is -0.548. The van der Waals surface area contributed by atoms with Crippen LogP contribution in [0.4, 0.5) is 23.1 Å². The summed E-state index contributed by atoms with van der Waals surface area (Å²) >= 11 is 0. The molecule has 1 saturated heterocycles. The highest BCUT2D eigenvalue weighted by Gasteiger charge is 2.41. The lowest BCUT2D eigenvalue weighted by Gasteiger charge is -2.38. The average Bonchev–Trinajstić information content (AvgIpc) is 3.27. The van der Waals surface area contributed by atoms with Gasteiger partial charge in [0.25, 0.3) is 5.91 Å². The molecule has 2 fully saturated rings. The first-order valence-electron chi connectivity index (χ1n) is 14.7. The van der Waals surface area contributed by atoms with Crippen molar-refractivity contribution in [2.45, 2.75) is 77.3 Å². The summed E-state index contributed by atoms with van der Waals surface area (Å²) < 4.78 is 5.65. The van der Waals surface area contributed by atoms with Gasteiger partial charge in [0.15, 0.2) is 5.82 Å². The molecule has 0 bridgehead atoms. The van der Waals surface area contributed by atoms with E-state index >= 15 is 0 Å². The second-order valence-electron chi connectivity index (χ2n) is 12.0. The Morgan fingerprint density at radius 3 is 2.67 bits per heavy atom. The average molecular weight is 550 g/mol. The zero-order chi connectivity index (χ0) is 28.3. The number of aromatic nitrogens is 2. The van der Waals surface area contributed by atoms with E-state index in [0.717, 1.165) is 56.7 Å². The van der Waals surface area contributed by atoms with Crippen molar-refractivity contribution in [2.24, 2.45) is 5.41 Å². The molecule has 2 aliphatic heterocycles. The Labute approximate surface area is 237 Å². The number of carbonyl (C=O) groups excluding carboxylic acids is 2. The van der Waals surface area contributed by atoms with Gasteiger partial charge in [0, 0.05) is 31.2 Å². The molecule has 3 aliphatic rings. The van der Waals surface area contributed by atoms with Gasteiger partial charge in [-0.3, -0.25) is 9.59 Å². The number of hydrogen-bond donors (Lipinski definition) is 3. The molecule has 1 aromatic heterocycles. The van der Waals surface area contributed by atoms with Crippen LogP contribution in [0.1, 0.15) is 75.6 Å². The van der Waals surface area contributed by atoms with E-state index in [1.54, 1.807) is 30.3 Å². The maximum atomic E-state index is 13.3. The van der Waals surface area contributed by atoms with Crippen molar-refractivity contribution in [1.29, 1.82) is 0 Å². The van der Waals surface area contributed by atoms with Gasteiger partial charge < -0.3 is 30.5 Å². The van der Waals surface area contributed by atoms with E-state index in [2.05, 4.69) is 25.8 Å². The van der Waals surface area contributed by atoms with E-state index in [-0.39, 0.29) is 17.9 Å². The van der Waals surface area contributed by atoms with Crippen molar-refractivity contribution < 1.29 is 14.3 Å². The van der Waals surface area contributed by atoms with Gasteiger partial charge in [0.05, 0.1) is 24.4 Å². The van der Waals surface area contributed by atoms with Crippen LogP contribution < -0.4 is 30.5 Å². The quantitative estimate of drug-likeness (QED) is 0.491. The van der Waals surface area contributed by atoms with Gasteiger partial charge in [-0.2, -0.15) is 4.98 Å². The lowest BCUT2D eigenvalue weighted by Crippen LogP contribution is -2.46. The number of rotatable bonds is 6. The van der Waals surface area contributed by atoms with Crippen LogP contribution in [0.15, 0.2) is 24.4 Å². The summed E-state index contributed by atoms with van der Waals surface area (Å²) in [5.41, 5.74) is 1.39. The molecule has 216 valence electrons. The van der Waals surface area contributed by atoms with Crippen molar-refractivity contribution in [3.63, 3.8) is 0 Å². The lowest BCUT2D eigenvalue weighted by molar-refractivity contribution is -0.125. The number of nitrogens with one attached hydrogen (secondary N) is 3. The van der Waals surface area contributed by atoms with Gasteiger partial charge in [0.1, 0.15) is 11.4 Å². The van der Waals surface area contributed by atoms with Gasteiger partial charge in [-0.1, -0.05) is 19.3 Å². The number of benzene rings is 1. The molecule has 10 nitrogen and oxygen atoms in total. The number of nitrogens with zero attached hydrogens (tertiary/aromatic N) is 4. The highest BCUT2D eigenvalue weighted by molar-refractivity contribution is 6.01. The molecule has 0 radical (unpaired) electrons. The third kappa shape index (κ3) is 6.01. The number of fused-ring (bicyclic) bond motifs is 1. The normalized spacial score (nSPS) is 21.7. The third-order valence-electron chi connectivity index (χ3n) is 8.47. The molecule has 1 aromatic carbocycles. The van der Waals surface area contributed by atoms with Crippen LogP contribution in [0.5, 0.6) is 5.75 Å². The molecule has 3 heterocycles. The minimum Gasteiger partial charge on any atom is -0.495 e. The number of hydrogen-bond acceptors (Lipinski definition) is 8. The molecule has 0 spiro atoms. The fraction of sp³-hybridized carbons (Fsp3) is 0.600. The van der Waals surface area contributed by atoms with E-state index in [1.165, 1.54) is 19.3 Å². The van der Waals surface area contributed by atoms with Crippen molar-refractivity contribution in [1.82, 2.24) is 20.6 Å². The van der Waals surface area contributed by atoms with E-state index in [4.69, 9.17) is 9.72 Å². The first-order chi connectivity index (χ1) is 19.3. The van der Waals surface area contributed by atoms with Crippen LogP contribution in [0.2, 0.25) is 0 Å². The molecule has 3 N–H and O–H groups in total. The Morgan fingerprint density at radius 1 is 1.10 bits per heavy atom. The molecule has 1 aliphatic carbocycles. The molecule has 10 heteroatoms. The predicted molar refractivity (Wildman–Crippen MR) is 158 cm³/mol. The van der Waals surface area contributed by atoms with Gasteiger partial charge >= 0.3 is 0 Å². The second kappa shape index (κ2) is 12.0. The van der Waals surface area contributed by atoms with E-state index in [1.807, 2.05) is 27.0 Å². The van der Waals surface area contributed by atoms with Crippen LogP contribution in [0, 0.1) is 5.41 Å². The highest BCUT2D eigenvalue weighted by Crippen LogP contribution is 2.40. The van der Waals surface area contributed by atoms with Gasteiger partial charge in [0.2, 0.25) is 11.9 Å². The molecular formula is C30H43N7O3. The maximum absolute atomic E-state index is 13.3. The maximum Gasteiger partial charge on any atom is 0.251 e. The number of anilines is 4. The van der Waals surface area contributed by atoms with Crippen LogP contribution in [-0.4, -0.2) is 67.7 Å². The molecule has 5 rings (SSSR count). The number of ether oxygens (including phenoxy) is 1. The Kier molecular flexibility index (Phi) is 8.44. The first-order valence-corrected chi connectivity index (χ1v) is 14.7. The molecule has 1 atom stereocenters. The summed E-state index contributed by atoms with van der Waals surface area (Å²) in [6.07, 6.45) is 10.5.